The van der Waals surface area contributed by atoms with Crippen molar-refractivity contribution in [3.63, 3.8) is 0 Å². The van der Waals surface area contributed by atoms with Gasteiger partial charge in [0.2, 0.25) is 11.8 Å². The van der Waals surface area contributed by atoms with Gasteiger partial charge in [-0.25, -0.2) is 0 Å². The fraction of sp³-hybridized carbons (Fsp3) is 0.842. The fourth-order valence-electron chi connectivity index (χ4n) is 4.03. The van der Waals surface area contributed by atoms with Crippen molar-refractivity contribution >= 4 is 41.8 Å². The number of carbonyl (C=O) groups is 2. The highest BCUT2D eigenvalue weighted by Crippen LogP contribution is 2.33. The minimum atomic E-state index is -0.0510. The zero-order valence-electron chi connectivity index (χ0n) is 16.6. The van der Waals surface area contributed by atoms with Gasteiger partial charge >= 0.3 is 0 Å². The van der Waals surface area contributed by atoms with Crippen molar-refractivity contribution in [2.24, 2.45) is 10.4 Å². The third kappa shape index (κ3) is 6.39. The van der Waals surface area contributed by atoms with Crippen LogP contribution in [0.15, 0.2) is 4.99 Å². The predicted molar refractivity (Wildman–Crippen MR) is 116 cm³/mol. The smallest absolute Gasteiger partial charge is 0.229 e. The molecular weight excluding hydrogens is 443 g/mol. The van der Waals surface area contributed by atoms with Crippen molar-refractivity contribution in [3.8, 4) is 0 Å². The molecule has 0 aromatic rings. The van der Waals surface area contributed by atoms with Gasteiger partial charge in [-0.3, -0.25) is 19.5 Å². The number of hydrogen-bond donors (Lipinski definition) is 1. The quantitative estimate of drug-likeness (QED) is 0.276. The topological polar surface area (TPSA) is 65.0 Å². The van der Waals surface area contributed by atoms with Crippen LogP contribution in [0.3, 0.4) is 0 Å². The van der Waals surface area contributed by atoms with E-state index >= 15 is 0 Å². The van der Waals surface area contributed by atoms with Gasteiger partial charge in [-0.2, -0.15) is 0 Å². The summed E-state index contributed by atoms with van der Waals surface area (Å²) in [5.74, 6) is 0.816. The number of likely N-dealkylation sites (tertiary alicyclic amines) is 2. The van der Waals surface area contributed by atoms with Gasteiger partial charge in [-0.1, -0.05) is 20.3 Å². The Morgan fingerprint density at radius 2 is 1.88 bits per heavy atom. The van der Waals surface area contributed by atoms with E-state index in [0.29, 0.717) is 37.8 Å². The normalized spacial score (nSPS) is 24.5. The third-order valence-corrected chi connectivity index (χ3v) is 5.24. The summed E-state index contributed by atoms with van der Waals surface area (Å²) in [5.41, 5.74) is 0.349. The first-order chi connectivity index (χ1) is 12.0. The van der Waals surface area contributed by atoms with Gasteiger partial charge in [0.25, 0.3) is 0 Å². The molecule has 7 heteroatoms. The first-order valence-electron chi connectivity index (χ1n) is 9.85. The number of halogens is 1. The minimum absolute atomic E-state index is 0. The van der Waals surface area contributed by atoms with Crippen LogP contribution in [-0.4, -0.2) is 60.3 Å². The number of guanidine groups is 1. The van der Waals surface area contributed by atoms with Gasteiger partial charge in [-0.15, -0.1) is 24.0 Å². The van der Waals surface area contributed by atoms with Crippen LogP contribution in [0.4, 0.5) is 0 Å². The molecule has 0 bridgehead atoms. The standard InChI is InChI=1S/C19H34N4O2.HI/c1-4-10-19(3)11-7-13-22(15-19)18(20-5-2)21-12-14-23-16(24)8-6-9-17(23)25;/h4-15H2,1-3H3,(H,20,21);1H. The molecular formula is C19H35IN4O2. The molecule has 0 aliphatic carbocycles. The molecule has 150 valence electrons. The lowest BCUT2D eigenvalue weighted by molar-refractivity contribution is -0.147. The van der Waals surface area contributed by atoms with E-state index in [2.05, 4.69) is 31.0 Å². The van der Waals surface area contributed by atoms with Crippen molar-refractivity contribution in [3.05, 3.63) is 0 Å². The molecule has 0 radical (unpaired) electrons. The summed E-state index contributed by atoms with van der Waals surface area (Å²) >= 11 is 0. The molecule has 2 aliphatic heterocycles. The third-order valence-electron chi connectivity index (χ3n) is 5.24. The second-order valence-corrected chi connectivity index (χ2v) is 7.61. The molecule has 2 heterocycles. The first-order valence-corrected chi connectivity index (χ1v) is 9.85. The van der Waals surface area contributed by atoms with Crippen LogP contribution in [0.2, 0.25) is 0 Å². The molecule has 2 fully saturated rings. The number of aliphatic imine (C=N–C) groups is 1. The van der Waals surface area contributed by atoms with Crippen molar-refractivity contribution in [2.75, 3.05) is 32.7 Å². The van der Waals surface area contributed by atoms with Gasteiger partial charge < -0.3 is 10.2 Å². The molecule has 2 rings (SSSR count). The van der Waals surface area contributed by atoms with Crippen molar-refractivity contribution < 1.29 is 9.59 Å². The molecule has 6 nitrogen and oxygen atoms in total. The van der Waals surface area contributed by atoms with E-state index in [1.807, 2.05) is 0 Å². The molecule has 26 heavy (non-hydrogen) atoms. The maximum absolute atomic E-state index is 11.9. The Balaban J connectivity index is 0.00000338. The van der Waals surface area contributed by atoms with Gasteiger partial charge in [-0.05, 0) is 38.0 Å². The number of rotatable bonds is 6. The molecule has 0 saturated carbocycles. The second kappa shape index (κ2) is 11.1. The van der Waals surface area contributed by atoms with Gasteiger partial charge in [0.15, 0.2) is 5.96 Å². The highest BCUT2D eigenvalue weighted by atomic mass is 127. The lowest BCUT2D eigenvalue weighted by Gasteiger charge is -2.42. The Hall–Kier alpha value is -0.860. The second-order valence-electron chi connectivity index (χ2n) is 7.61. The van der Waals surface area contributed by atoms with Crippen LogP contribution in [0, 0.1) is 5.41 Å². The molecule has 0 aromatic carbocycles. The van der Waals surface area contributed by atoms with E-state index in [1.165, 1.54) is 30.6 Å². The molecule has 2 saturated heterocycles. The maximum Gasteiger partial charge on any atom is 0.229 e. The molecule has 0 aromatic heterocycles. The average molecular weight is 478 g/mol. The van der Waals surface area contributed by atoms with E-state index in [4.69, 9.17) is 4.99 Å². The van der Waals surface area contributed by atoms with Crippen LogP contribution in [-0.2, 0) is 9.59 Å². The molecule has 0 spiro atoms. The highest BCUT2D eigenvalue weighted by molar-refractivity contribution is 14.0. The molecule has 1 N–H and O–H groups in total. The largest absolute Gasteiger partial charge is 0.357 e. The summed E-state index contributed by atoms with van der Waals surface area (Å²) in [6.07, 6.45) is 6.55. The van der Waals surface area contributed by atoms with Crippen LogP contribution >= 0.6 is 24.0 Å². The van der Waals surface area contributed by atoms with E-state index in [0.717, 1.165) is 25.6 Å². The van der Waals surface area contributed by atoms with Gasteiger partial charge in [0.05, 0.1) is 6.54 Å². The van der Waals surface area contributed by atoms with Gasteiger partial charge in [0.1, 0.15) is 0 Å². The summed E-state index contributed by atoms with van der Waals surface area (Å²) in [6.45, 7) is 10.4. The Kier molecular flexibility index (Phi) is 9.89. The predicted octanol–water partition coefficient (Wildman–Crippen LogP) is 3.01. The maximum atomic E-state index is 11.9. The van der Waals surface area contributed by atoms with E-state index < -0.39 is 0 Å². The molecule has 2 amide bonds. The Morgan fingerprint density at radius 1 is 1.19 bits per heavy atom. The molecule has 1 unspecified atom stereocenters. The lowest BCUT2D eigenvalue weighted by Crippen LogP contribution is -2.50. The van der Waals surface area contributed by atoms with Crippen LogP contribution in [0.5, 0.6) is 0 Å². The van der Waals surface area contributed by atoms with Crippen molar-refractivity contribution in [1.82, 2.24) is 15.1 Å². The number of carbonyl (C=O) groups excluding carboxylic acids is 2. The van der Waals surface area contributed by atoms with E-state index in [9.17, 15) is 9.59 Å². The summed E-state index contributed by atoms with van der Waals surface area (Å²) in [4.78, 5) is 32.2. The highest BCUT2D eigenvalue weighted by Gasteiger charge is 2.31. The van der Waals surface area contributed by atoms with E-state index in [-0.39, 0.29) is 35.8 Å². The van der Waals surface area contributed by atoms with E-state index in [1.54, 1.807) is 0 Å². The summed E-state index contributed by atoms with van der Waals surface area (Å²) in [5, 5.41) is 3.38. The monoisotopic (exact) mass is 478 g/mol. The molecule has 1 atom stereocenters. The number of nitrogens with one attached hydrogen (secondary N) is 1. The summed E-state index contributed by atoms with van der Waals surface area (Å²) in [7, 11) is 0. The summed E-state index contributed by atoms with van der Waals surface area (Å²) in [6, 6.07) is 0. The van der Waals surface area contributed by atoms with Crippen molar-refractivity contribution in [1.29, 1.82) is 0 Å². The Bertz CT molecular complexity index is 492. The van der Waals surface area contributed by atoms with Crippen LogP contribution < -0.4 is 5.32 Å². The minimum Gasteiger partial charge on any atom is -0.357 e. The Morgan fingerprint density at radius 3 is 2.50 bits per heavy atom. The zero-order chi connectivity index (χ0) is 18.3. The number of piperidine rings is 2. The molecule has 2 aliphatic rings. The van der Waals surface area contributed by atoms with Gasteiger partial charge in [0, 0.05) is 39.0 Å². The number of hydrogen-bond acceptors (Lipinski definition) is 3. The Labute approximate surface area is 175 Å². The lowest BCUT2D eigenvalue weighted by atomic mass is 9.78. The SMILES string of the molecule is CCCC1(C)CCCN(C(=NCCN2C(=O)CCCC2=O)NCC)C1.I. The average Bonchev–Trinajstić information content (AvgIpc) is 2.56. The number of imide groups is 1. The number of amides is 2. The fourth-order valence-corrected chi connectivity index (χ4v) is 4.03. The van der Waals surface area contributed by atoms with Crippen molar-refractivity contribution in [2.45, 2.75) is 65.7 Å². The first kappa shape index (κ1) is 23.2. The zero-order valence-corrected chi connectivity index (χ0v) is 18.9. The summed E-state index contributed by atoms with van der Waals surface area (Å²) < 4.78 is 0. The van der Waals surface area contributed by atoms with Crippen LogP contribution in [0.25, 0.3) is 0 Å². The van der Waals surface area contributed by atoms with Crippen LogP contribution in [0.1, 0.15) is 65.7 Å². The number of nitrogens with zero attached hydrogens (tertiary/aromatic N) is 3.